The Morgan fingerprint density at radius 1 is 1.14 bits per heavy atom. The minimum Gasteiger partial charge on any atom is -0.381 e. The molecule has 0 bridgehead atoms. The molecule has 1 aromatic carbocycles. The molecule has 2 N–H and O–H groups in total. The van der Waals surface area contributed by atoms with E-state index in [1.165, 1.54) is 18.2 Å². The first-order valence-electron chi connectivity index (χ1n) is 12.2. The number of hydrogen-bond donors (Lipinski definition) is 2. The summed E-state index contributed by atoms with van der Waals surface area (Å²) in [5, 5.41) is 6.90. The second-order valence-electron chi connectivity index (χ2n) is 9.43. The number of urea groups is 1. The summed E-state index contributed by atoms with van der Waals surface area (Å²) in [6.45, 7) is 2.76. The van der Waals surface area contributed by atoms with Crippen LogP contribution >= 0.6 is 0 Å². The summed E-state index contributed by atoms with van der Waals surface area (Å²) in [5.41, 5.74) is 6.64. The van der Waals surface area contributed by atoms with E-state index in [2.05, 4.69) is 21.3 Å². The third-order valence-electron chi connectivity index (χ3n) is 7.19. The zero-order chi connectivity index (χ0) is 24.6. The molecule has 190 valence electrons. The highest BCUT2D eigenvalue weighted by Gasteiger charge is 2.37. The number of carbonyl (C=O) groups is 1. The van der Waals surface area contributed by atoms with Crippen LogP contribution in [0.1, 0.15) is 59.2 Å². The van der Waals surface area contributed by atoms with Gasteiger partial charge in [-0.2, -0.15) is 8.42 Å². The van der Waals surface area contributed by atoms with Crippen molar-refractivity contribution in [3.63, 3.8) is 0 Å². The highest BCUT2D eigenvalue weighted by Crippen LogP contribution is 2.38. The van der Waals surface area contributed by atoms with E-state index in [-0.39, 0.29) is 12.5 Å². The van der Waals surface area contributed by atoms with Crippen molar-refractivity contribution >= 4 is 27.8 Å². The number of fused-ring (bicyclic) bond motifs is 2. The van der Waals surface area contributed by atoms with Crippen molar-refractivity contribution in [2.24, 2.45) is 0 Å². The second kappa shape index (κ2) is 9.79. The molecule has 2 heterocycles. The van der Waals surface area contributed by atoms with E-state index >= 15 is 0 Å². The largest absolute Gasteiger partial charge is 0.381 e. The number of nitrogens with one attached hydrogen (secondary N) is 2. The Morgan fingerprint density at radius 2 is 1.80 bits per heavy atom. The summed E-state index contributed by atoms with van der Waals surface area (Å²) in [4.78, 5) is 13.1. The van der Waals surface area contributed by atoms with Crippen LogP contribution in [0.5, 0.6) is 0 Å². The molecule has 1 aromatic heterocycles. The van der Waals surface area contributed by atoms with Crippen LogP contribution in [0.2, 0.25) is 0 Å². The molecule has 35 heavy (non-hydrogen) atoms. The van der Waals surface area contributed by atoms with E-state index in [1.807, 2.05) is 0 Å². The highest BCUT2D eigenvalue weighted by molar-refractivity contribution is 7.91. The predicted molar refractivity (Wildman–Crippen MR) is 130 cm³/mol. The fraction of sp³-hybridized carbons (Fsp3) is 0.583. The molecule has 0 saturated carbocycles. The molecule has 3 aliphatic rings. The second-order valence-corrected chi connectivity index (χ2v) is 11.0. The van der Waals surface area contributed by atoms with Crippen molar-refractivity contribution in [1.29, 1.82) is 0 Å². The molecule has 0 radical (unpaired) electrons. The maximum Gasteiger partial charge on any atom is 0.334 e. The summed E-state index contributed by atoms with van der Waals surface area (Å²) in [6, 6.07) is 1.06. The van der Waals surface area contributed by atoms with E-state index in [9.17, 15) is 13.2 Å². The van der Waals surface area contributed by atoms with Gasteiger partial charge in [-0.3, -0.25) is 0 Å². The van der Waals surface area contributed by atoms with Crippen LogP contribution in [-0.2, 0) is 52.0 Å². The van der Waals surface area contributed by atoms with Crippen LogP contribution < -0.4 is 14.3 Å². The van der Waals surface area contributed by atoms with Gasteiger partial charge in [0.05, 0.1) is 12.6 Å². The van der Waals surface area contributed by atoms with Gasteiger partial charge >= 0.3 is 16.2 Å². The van der Waals surface area contributed by atoms with Crippen molar-refractivity contribution in [3.05, 3.63) is 39.6 Å². The Bertz CT molecular complexity index is 1190. The fourth-order valence-corrected chi connectivity index (χ4v) is 6.87. The summed E-state index contributed by atoms with van der Waals surface area (Å²) in [7, 11) is -2.77. The van der Waals surface area contributed by atoms with Gasteiger partial charge in [0, 0.05) is 31.6 Å². The van der Waals surface area contributed by atoms with Gasteiger partial charge in [-0.15, -0.1) is 0 Å². The van der Waals surface area contributed by atoms with Crippen molar-refractivity contribution < 1.29 is 27.2 Å². The molecule has 5 rings (SSSR count). The van der Waals surface area contributed by atoms with Crippen LogP contribution in [0, 0.1) is 6.92 Å². The minimum absolute atomic E-state index is 0.0887. The number of hydrogen-bond acceptors (Lipinski definition) is 7. The van der Waals surface area contributed by atoms with E-state index in [1.54, 1.807) is 6.92 Å². The number of aryl methyl sites for hydroxylation is 2. The number of anilines is 2. The molecule has 1 saturated heterocycles. The van der Waals surface area contributed by atoms with Crippen molar-refractivity contribution in [3.8, 4) is 0 Å². The number of carbonyl (C=O) groups excluding carboxylic acids is 1. The molecule has 1 aliphatic heterocycles. The van der Waals surface area contributed by atoms with Gasteiger partial charge in [-0.05, 0) is 80.5 Å². The number of methoxy groups -OCH3 is 1. The zero-order valence-electron chi connectivity index (χ0n) is 20.2. The molecule has 2 amide bonds. The van der Waals surface area contributed by atoms with Crippen LogP contribution in [0.4, 0.5) is 16.4 Å². The Kier molecular flexibility index (Phi) is 6.73. The summed E-state index contributed by atoms with van der Waals surface area (Å²) >= 11 is 0. The van der Waals surface area contributed by atoms with Gasteiger partial charge in [0.1, 0.15) is 5.69 Å². The van der Waals surface area contributed by atoms with Crippen molar-refractivity contribution in [1.82, 2.24) is 9.88 Å². The van der Waals surface area contributed by atoms with Crippen LogP contribution in [-0.4, -0.2) is 46.0 Å². The van der Waals surface area contributed by atoms with Gasteiger partial charge in [0.25, 0.3) is 0 Å². The third-order valence-corrected chi connectivity index (χ3v) is 8.62. The summed E-state index contributed by atoms with van der Waals surface area (Å²) in [5.74, 6) is 0.0887. The van der Waals surface area contributed by atoms with Crippen LogP contribution in [0.15, 0.2) is 10.6 Å². The molecule has 0 atom stereocenters. The number of amides is 2. The highest BCUT2D eigenvalue weighted by atomic mass is 32.2. The summed E-state index contributed by atoms with van der Waals surface area (Å²) in [6.07, 6.45) is 6.78. The van der Waals surface area contributed by atoms with Gasteiger partial charge in [0.2, 0.25) is 5.88 Å². The van der Waals surface area contributed by atoms with Crippen LogP contribution in [0.25, 0.3) is 0 Å². The lowest BCUT2D eigenvalue weighted by atomic mass is 9.99. The maximum absolute atomic E-state index is 13.6. The van der Waals surface area contributed by atoms with E-state index in [4.69, 9.17) is 14.0 Å². The lowest BCUT2D eigenvalue weighted by Crippen LogP contribution is -2.51. The quantitative estimate of drug-likeness (QED) is 0.594. The Hall–Kier alpha value is -2.63. The standard InChI is InChI=1S/C24H32N4O6S/c1-15-21(14-32-2)26-34-23(15)28(18-9-11-33-12-10-18)35(30,31)27-24(29)25-22-19-7-3-5-16(19)13-17-6-4-8-20(17)22/h13,18H,3-12,14H2,1-2H3,(H2,25,27,29). The number of ether oxygens (including phenoxy) is 2. The average Bonchev–Trinajstić information content (AvgIpc) is 3.56. The third kappa shape index (κ3) is 4.64. The topological polar surface area (TPSA) is 123 Å². The lowest BCUT2D eigenvalue weighted by Gasteiger charge is -2.33. The predicted octanol–water partition coefficient (Wildman–Crippen LogP) is 3.16. The fourth-order valence-electron chi connectivity index (χ4n) is 5.50. The normalized spacial score (nSPS) is 17.8. The molecule has 0 unspecified atom stereocenters. The molecule has 0 spiro atoms. The molecular weight excluding hydrogens is 472 g/mol. The first kappa shape index (κ1) is 24.1. The van der Waals surface area contributed by atoms with Crippen LogP contribution in [0.3, 0.4) is 0 Å². The van der Waals surface area contributed by atoms with Gasteiger partial charge in [0.15, 0.2) is 0 Å². The van der Waals surface area contributed by atoms with Crippen molar-refractivity contribution in [2.45, 2.75) is 70.9 Å². The first-order chi connectivity index (χ1) is 16.9. The Labute approximate surface area is 205 Å². The number of nitrogens with zero attached hydrogens (tertiary/aromatic N) is 2. The number of rotatable bonds is 7. The smallest absolute Gasteiger partial charge is 0.334 e. The Morgan fingerprint density at radius 3 is 2.43 bits per heavy atom. The van der Waals surface area contributed by atoms with E-state index < -0.39 is 22.3 Å². The molecular formula is C24H32N4O6S. The Balaban J connectivity index is 1.43. The SMILES string of the molecule is COCc1noc(N(C2CCOCC2)S(=O)(=O)NC(=O)Nc2c3c(cc4c2CCC4)CCC3)c1C. The first-order valence-corrected chi connectivity index (χ1v) is 13.6. The maximum atomic E-state index is 13.6. The van der Waals surface area contributed by atoms with E-state index in [0.29, 0.717) is 37.3 Å². The van der Waals surface area contributed by atoms with Gasteiger partial charge in [-0.1, -0.05) is 11.2 Å². The van der Waals surface area contributed by atoms with Crippen molar-refractivity contribution in [2.75, 3.05) is 29.9 Å². The molecule has 2 aliphatic carbocycles. The summed E-state index contributed by atoms with van der Waals surface area (Å²) < 4.78 is 46.7. The molecule has 2 aromatic rings. The molecule has 10 nitrogen and oxygen atoms in total. The lowest BCUT2D eigenvalue weighted by molar-refractivity contribution is 0.0867. The van der Waals surface area contributed by atoms with Gasteiger partial charge in [-0.25, -0.2) is 13.8 Å². The average molecular weight is 505 g/mol. The zero-order valence-corrected chi connectivity index (χ0v) is 21.0. The minimum atomic E-state index is -4.31. The van der Waals surface area contributed by atoms with E-state index in [0.717, 1.165) is 59.6 Å². The number of aromatic nitrogens is 1. The van der Waals surface area contributed by atoms with Gasteiger partial charge < -0.3 is 19.3 Å². The monoisotopic (exact) mass is 504 g/mol. The molecule has 1 fully saturated rings. The number of benzene rings is 1. The molecule has 11 heteroatoms.